The van der Waals surface area contributed by atoms with E-state index in [1.807, 2.05) is 36.1 Å². The maximum atomic E-state index is 10.9. The quantitative estimate of drug-likeness (QED) is 0.784. The predicted octanol–water partition coefficient (Wildman–Crippen LogP) is 3.22. The molecule has 0 atom stereocenters. The SMILES string of the molecule is CN(Cc1ccc2oc(C(=O)O)cc2c1)Cc1cscn1. The molecule has 0 fully saturated rings. The molecule has 0 saturated heterocycles. The molecule has 0 spiro atoms. The summed E-state index contributed by atoms with van der Waals surface area (Å²) >= 11 is 1.59. The number of furan rings is 1. The molecule has 2 heterocycles. The van der Waals surface area contributed by atoms with Gasteiger partial charge < -0.3 is 9.52 Å². The van der Waals surface area contributed by atoms with Crippen LogP contribution < -0.4 is 0 Å². The average molecular weight is 302 g/mol. The number of carbonyl (C=O) groups is 1. The molecule has 3 aromatic rings. The first kappa shape index (κ1) is 13.8. The van der Waals surface area contributed by atoms with Crippen molar-refractivity contribution in [3.8, 4) is 0 Å². The van der Waals surface area contributed by atoms with Crippen LogP contribution in [0.2, 0.25) is 0 Å². The van der Waals surface area contributed by atoms with Gasteiger partial charge in [-0.3, -0.25) is 4.90 Å². The average Bonchev–Trinajstić information content (AvgIpc) is 3.06. The van der Waals surface area contributed by atoms with Gasteiger partial charge in [0.25, 0.3) is 0 Å². The van der Waals surface area contributed by atoms with Gasteiger partial charge in [0.1, 0.15) is 5.58 Å². The molecule has 1 N–H and O–H groups in total. The van der Waals surface area contributed by atoms with Crippen molar-refractivity contribution < 1.29 is 14.3 Å². The molecule has 2 aromatic heterocycles. The summed E-state index contributed by atoms with van der Waals surface area (Å²) in [6.45, 7) is 1.55. The summed E-state index contributed by atoms with van der Waals surface area (Å²) in [5.41, 5.74) is 4.59. The van der Waals surface area contributed by atoms with Crippen LogP contribution in [0.1, 0.15) is 21.8 Å². The molecular formula is C15H14N2O3S. The van der Waals surface area contributed by atoms with E-state index in [2.05, 4.69) is 9.88 Å². The lowest BCUT2D eigenvalue weighted by atomic mass is 10.1. The van der Waals surface area contributed by atoms with Gasteiger partial charge in [0.2, 0.25) is 5.76 Å². The Labute approximate surface area is 125 Å². The van der Waals surface area contributed by atoms with E-state index in [-0.39, 0.29) is 5.76 Å². The Morgan fingerprint density at radius 2 is 2.24 bits per heavy atom. The van der Waals surface area contributed by atoms with Crippen LogP contribution in [0.25, 0.3) is 11.0 Å². The van der Waals surface area contributed by atoms with Crippen molar-refractivity contribution in [2.24, 2.45) is 0 Å². The molecule has 0 unspecified atom stereocenters. The third-order valence-electron chi connectivity index (χ3n) is 3.16. The van der Waals surface area contributed by atoms with Gasteiger partial charge in [-0.15, -0.1) is 11.3 Å². The zero-order valence-electron chi connectivity index (χ0n) is 11.4. The number of benzene rings is 1. The number of hydrogen-bond acceptors (Lipinski definition) is 5. The van der Waals surface area contributed by atoms with Crippen molar-refractivity contribution in [2.75, 3.05) is 7.05 Å². The molecule has 0 aliphatic rings. The third-order valence-corrected chi connectivity index (χ3v) is 3.79. The summed E-state index contributed by atoms with van der Waals surface area (Å²) in [5, 5.41) is 11.8. The van der Waals surface area contributed by atoms with Crippen LogP contribution in [0.15, 0.2) is 39.6 Å². The van der Waals surface area contributed by atoms with Gasteiger partial charge in [-0.1, -0.05) is 6.07 Å². The Hall–Kier alpha value is -2.18. The van der Waals surface area contributed by atoms with Crippen molar-refractivity contribution in [3.63, 3.8) is 0 Å². The Morgan fingerprint density at radius 3 is 2.95 bits per heavy atom. The molecule has 1 aromatic carbocycles. The van der Waals surface area contributed by atoms with Gasteiger partial charge in [0, 0.05) is 23.9 Å². The lowest BCUT2D eigenvalue weighted by molar-refractivity contribution is 0.0665. The molecule has 0 amide bonds. The van der Waals surface area contributed by atoms with Gasteiger partial charge >= 0.3 is 5.97 Å². The number of fused-ring (bicyclic) bond motifs is 1. The van der Waals surface area contributed by atoms with E-state index in [4.69, 9.17) is 9.52 Å². The first-order valence-corrected chi connectivity index (χ1v) is 7.37. The molecule has 6 heteroatoms. The molecule has 21 heavy (non-hydrogen) atoms. The molecule has 5 nitrogen and oxygen atoms in total. The second-order valence-corrected chi connectivity index (χ2v) is 5.66. The maximum Gasteiger partial charge on any atom is 0.371 e. The summed E-state index contributed by atoms with van der Waals surface area (Å²) < 4.78 is 5.25. The minimum Gasteiger partial charge on any atom is -0.475 e. The van der Waals surface area contributed by atoms with E-state index in [1.165, 1.54) is 0 Å². The van der Waals surface area contributed by atoms with Crippen LogP contribution >= 0.6 is 11.3 Å². The number of nitrogens with zero attached hydrogens (tertiary/aromatic N) is 2. The largest absolute Gasteiger partial charge is 0.475 e. The highest BCUT2D eigenvalue weighted by Gasteiger charge is 2.11. The van der Waals surface area contributed by atoms with Gasteiger partial charge in [-0.2, -0.15) is 0 Å². The number of hydrogen-bond donors (Lipinski definition) is 1. The van der Waals surface area contributed by atoms with Crippen LogP contribution in [0, 0.1) is 0 Å². The highest BCUT2D eigenvalue weighted by molar-refractivity contribution is 7.07. The Morgan fingerprint density at radius 1 is 1.38 bits per heavy atom. The van der Waals surface area contributed by atoms with Gasteiger partial charge in [-0.25, -0.2) is 9.78 Å². The van der Waals surface area contributed by atoms with Crippen molar-refractivity contribution in [1.29, 1.82) is 0 Å². The molecule has 0 saturated carbocycles. The summed E-state index contributed by atoms with van der Waals surface area (Å²) in [5.74, 6) is -1.08. The lowest BCUT2D eigenvalue weighted by Crippen LogP contribution is -2.17. The predicted molar refractivity (Wildman–Crippen MR) is 80.5 cm³/mol. The third kappa shape index (κ3) is 3.12. The number of carboxylic acids is 1. The standard InChI is InChI=1S/C15H14N2O3S/c1-17(7-12-8-21-9-16-12)6-10-2-3-13-11(4-10)5-14(20-13)15(18)19/h2-5,8-9H,6-7H2,1H3,(H,18,19). The molecular weight excluding hydrogens is 288 g/mol. The fourth-order valence-electron chi connectivity index (χ4n) is 2.26. The molecule has 0 radical (unpaired) electrons. The zero-order chi connectivity index (χ0) is 14.8. The summed E-state index contributed by atoms with van der Waals surface area (Å²) in [6, 6.07) is 7.28. The van der Waals surface area contributed by atoms with Gasteiger partial charge in [0.15, 0.2) is 0 Å². The van der Waals surface area contributed by atoms with E-state index in [9.17, 15) is 4.79 Å². The Bertz CT molecular complexity index is 764. The summed E-state index contributed by atoms with van der Waals surface area (Å²) in [4.78, 5) is 17.3. The van der Waals surface area contributed by atoms with Crippen LogP contribution in [0.5, 0.6) is 0 Å². The van der Waals surface area contributed by atoms with Crippen LogP contribution in [0.3, 0.4) is 0 Å². The van der Waals surface area contributed by atoms with Gasteiger partial charge in [0.05, 0.1) is 11.2 Å². The monoisotopic (exact) mass is 302 g/mol. The van der Waals surface area contributed by atoms with Gasteiger partial charge in [-0.05, 0) is 30.8 Å². The smallest absolute Gasteiger partial charge is 0.371 e. The number of aromatic nitrogens is 1. The number of thiazole rings is 1. The van der Waals surface area contributed by atoms with Crippen LogP contribution in [-0.2, 0) is 13.1 Å². The molecule has 0 aliphatic heterocycles. The lowest BCUT2D eigenvalue weighted by Gasteiger charge is -2.15. The zero-order valence-corrected chi connectivity index (χ0v) is 12.3. The minimum absolute atomic E-state index is 0.0297. The van der Waals surface area contributed by atoms with Crippen LogP contribution in [0.4, 0.5) is 0 Å². The topological polar surface area (TPSA) is 66.6 Å². The van der Waals surface area contributed by atoms with Crippen molar-refractivity contribution >= 4 is 28.3 Å². The van der Waals surface area contributed by atoms with E-state index in [0.29, 0.717) is 5.58 Å². The summed E-state index contributed by atoms with van der Waals surface area (Å²) in [7, 11) is 2.03. The molecule has 3 rings (SSSR count). The molecule has 0 aliphatic carbocycles. The second-order valence-electron chi connectivity index (χ2n) is 4.94. The first-order valence-electron chi connectivity index (χ1n) is 6.43. The van der Waals surface area contributed by atoms with Crippen molar-refractivity contribution in [3.05, 3.63) is 52.2 Å². The number of aromatic carboxylic acids is 1. The second kappa shape index (κ2) is 5.67. The Kier molecular flexibility index (Phi) is 3.72. The van der Waals surface area contributed by atoms with Crippen molar-refractivity contribution in [2.45, 2.75) is 13.1 Å². The first-order chi connectivity index (χ1) is 10.1. The molecule has 108 valence electrons. The highest BCUT2D eigenvalue weighted by atomic mass is 32.1. The highest BCUT2D eigenvalue weighted by Crippen LogP contribution is 2.21. The fourth-order valence-corrected chi connectivity index (χ4v) is 2.81. The van der Waals surface area contributed by atoms with E-state index < -0.39 is 5.97 Å². The fraction of sp³-hybridized carbons (Fsp3) is 0.200. The Balaban J connectivity index is 1.76. The number of rotatable bonds is 5. The maximum absolute atomic E-state index is 10.9. The normalized spacial score (nSPS) is 11.3. The minimum atomic E-state index is -1.05. The molecule has 0 bridgehead atoms. The van der Waals surface area contributed by atoms with E-state index in [0.717, 1.165) is 29.7 Å². The number of carboxylic acid groups (broad SMARTS) is 1. The van der Waals surface area contributed by atoms with E-state index >= 15 is 0 Å². The van der Waals surface area contributed by atoms with E-state index in [1.54, 1.807) is 17.4 Å². The van der Waals surface area contributed by atoms with Crippen LogP contribution in [-0.4, -0.2) is 28.0 Å². The summed E-state index contributed by atoms with van der Waals surface area (Å²) in [6.07, 6.45) is 0. The van der Waals surface area contributed by atoms with Crippen molar-refractivity contribution in [1.82, 2.24) is 9.88 Å².